The first-order valence-electron chi connectivity index (χ1n) is 5.81. The van der Waals surface area contributed by atoms with Gasteiger partial charge >= 0.3 is 5.97 Å². The van der Waals surface area contributed by atoms with Gasteiger partial charge in [0.2, 0.25) is 0 Å². The van der Waals surface area contributed by atoms with Crippen molar-refractivity contribution in [2.75, 3.05) is 7.11 Å². The number of methoxy groups -OCH3 is 1. The van der Waals surface area contributed by atoms with Crippen LogP contribution in [0.25, 0.3) is 0 Å². The van der Waals surface area contributed by atoms with Gasteiger partial charge in [0.25, 0.3) is 0 Å². The molecule has 21 heavy (non-hydrogen) atoms. The summed E-state index contributed by atoms with van der Waals surface area (Å²) in [6, 6.07) is 11.6. The van der Waals surface area contributed by atoms with Gasteiger partial charge in [0.15, 0.2) is 11.5 Å². The van der Waals surface area contributed by atoms with E-state index in [1.165, 1.54) is 19.2 Å². The number of carbonyl (C=O) groups is 1. The zero-order chi connectivity index (χ0) is 15.4. The molecule has 0 amide bonds. The van der Waals surface area contributed by atoms with Crippen LogP contribution in [0.2, 0.25) is 5.02 Å². The van der Waals surface area contributed by atoms with Crippen molar-refractivity contribution >= 4 is 33.5 Å². The van der Waals surface area contributed by atoms with Crippen LogP contribution in [0.4, 0.5) is 0 Å². The minimum Gasteiger partial charge on any atom is -0.493 e. The van der Waals surface area contributed by atoms with Crippen molar-refractivity contribution in [3.63, 3.8) is 0 Å². The average molecular weight is 367 g/mol. The lowest BCUT2D eigenvalue weighted by Crippen LogP contribution is -2.10. The van der Waals surface area contributed by atoms with E-state index in [0.29, 0.717) is 15.1 Å². The highest BCUT2D eigenvalue weighted by molar-refractivity contribution is 9.10. The number of carbonyl (C=O) groups excluding carboxylic acids is 1. The van der Waals surface area contributed by atoms with Crippen LogP contribution in [0.5, 0.6) is 11.5 Å². The molecular formula is C15H9BrClNO3. The molecule has 0 heterocycles. The fourth-order valence-electron chi connectivity index (χ4n) is 1.66. The van der Waals surface area contributed by atoms with Gasteiger partial charge in [-0.2, -0.15) is 5.26 Å². The molecule has 0 fully saturated rings. The molecule has 0 aliphatic carbocycles. The van der Waals surface area contributed by atoms with E-state index >= 15 is 0 Å². The number of nitrogens with zero attached hydrogens (tertiary/aromatic N) is 1. The maximum atomic E-state index is 12.2. The normalized spacial score (nSPS) is 9.81. The second-order valence-electron chi connectivity index (χ2n) is 3.97. The van der Waals surface area contributed by atoms with Crippen molar-refractivity contribution in [2.45, 2.75) is 0 Å². The highest BCUT2D eigenvalue weighted by Crippen LogP contribution is 2.37. The molecule has 0 radical (unpaired) electrons. The summed E-state index contributed by atoms with van der Waals surface area (Å²) in [6.45, 7) is 0. The molecule has 0 aromatic heterocycles. The van der Waals surface area contributed by atoms with E-state index in [1.807, 2.05) is 6.07 Å². The first kappa shape index (κ1) is 15.4. The van der Waals surface area contributed by atoms with Crippen molar-refractivity contribution < 1.29 is 14.3 Å². The summed E-state index contributed by atoms with van der Waals surface area (Å²) in [5.41, 5.74) is 0.633. The Morgan fingerprint density at radius 3 is 2.67 bits per heavy atom. The average Bonchev–Trinajstić information content (AvgIpc) is 2.49. The van der Waals surface area contributed by atoms with Crippen LogP contribution in [-0.4, -0.2) is 13.1 Å². The Kier molecular flexibility index (Phi) is 4.84. The summed E-state index contributed by atoms with van der Waals surface area (Å²) in [4.78, 5) is 12.2. The first-order chi connectivity index (χ1) is 10.1. The summed E-state index contributed by atoms with van der Waals surface area (Å²) < 4.78 is 10.9. The van der Waals surface area contributed by atoms with Gasteiger partial charge in [0, 0.05) is 6.07 Å². The number of esters is 1. The predicted molar refractivity (Wildman–Crippen MR) is 81.8 cm³/mol. The van der Waals surface area contributed by atoms with E-state index in [9.17, 15) is 4.79 Å². The van der Waals surface area contributed by atoms with Gasteiger partial charge < -0.3 is 9.47 Å². The molecule has 106 valence electrons. The number of ether oxygens (including phenoxy) is 2. The summed E-state index contributed by atoms with van der Waals surface area (Å²) in [5, 5.41) is 9.22. The summed E-state index contributed by atoms with van der Waals surface area (Å²) in [6.07, 6.45) is 0. The number of hydrogen-bond donors (Lipinski definition) is 0. The number of hydrogen-bond acceptors (Lipinski definition) is 4. The van der Waals surface area contributed by atoms with Crippen molar-refractivity contribution in [2.24, 2.45) is 0 Å². The van der Waals surface area contributed by atoms with E-state index in [-0.39, 0.29) is 17.1 Å². The quantitative estimate of drug-likeness (QED) is 0.603. The largest absolute Gasteiger partial charge is 0.493 e. The van der Waals surface area contributed by atoms with Gasteiger partial charge in [-0.1, -0.05) is 23.7 Å². The van der Waals surface area contributed by atoms with Crippen molar-refractivity contribution in [1.82, 2.24) is 0 Å². The molecule has 2 aromatic rings. The zero-order valence-corrected chi connectivity index (χ0v) is 13.2. The first-order valence-corrected chi connectivity index (χ1v) is 6.98. The molecule has 0 aliphatic heterocycles. The van der Waals surface area contributed by atoms with Crippen LogP contribution >= 0.6 is 27.5 Å². The third-order valence-electron chi connectivity index (χ3n) is 2.65. The molecule has 2 rings (SSSR count). The lowest BCUT2D eigenvalue weighted by Gasteiger charge is -2.12. The topological polar surface area (TPSA) is 59.3 Å². The Bertz CT molecular complexity index is 740. The smallest absolute Gasteiger partial charge is 0.345 e. The molecule has 2 aromatic carbocycles. The summed E-state index contributed by atoms with van der Waals surface area (Å²) in [5.74, 6) is -0.132. The number of halogens is 2. The molecule has 0 saturated carbocycles. The molecule has 0 aliphatic rings. The lowest BCUT2D eigenvalue weighted by atomic mass is 10.2. The number of rotatable bonds is 3. The lowest BCUT2D eigenvalue weighted by molar-refractivity contribution is 0.0728. The maximum absolute atomic E-state index is 12.2. The highest BCUT2D eigenvalue weighted by Gasteiger charge is 2.18. The number of benzene rings is 2. The molecule has 0 unspecified atom stereocenters. The van der Waals surface area contributed by atoms with Crippen LogP contribution < -0.4 is 9.47 Å². The summed E-state index contributed by atoms with van der Waals surface area (Å²) >= 11 is 9.22. The number of nitriles is 1. The molecule has 0 atom stereocenters. The van der Waals surface area contributed by atoms with Crippen LogP contribution in [0, 0.1) is 11.3 Å². The molecule has 0 N–H and O–H groups in total. The monoisotopic (exact) mass is 365 g/mol. The molecule has 0 saturated heterocycles. The Morgan fingerprint density at radius 2 is 2.05 bits per heavy atom. The van der Waals surface area contributed by atoms with Crippen LogP contribution in [0.3, 0.4) is 0 Å². The summed E-state index contributed by atoms with van der Waals surface area (Å²) in [7, 11) is 1.43. The van der Waals surface area contributed by atoms with E-state index in [1.54, 1.807) is 24.3 Å². The van der Waals surface area contributed by atoms with Gasteiger partial charge in [-0.05, 0) is 34.1 Å². The zero-order valence-electron chi connectivity index (χ0n) is 10.9. The molecule has 6 heteroatoms. The Balaban J connectivity index is 2.38. The maximum Gasteiger partial charge on any atom is 0.345 e. The SMILES string of the molecule is COc1cc(C#N)cc(Br)c1OC(=O)c1ccccc1Cl. The van der Waals surface area contributed by atoms with E-state index in [2.05, 4.69) is 15.9 Å². The van der Waals surface area contributed by atoms with Crippen LogP contribution in [-0.2, 0) is 0 Å². The van der Waals surface area contributed by atoms with Gasteiger partial charge in [-0.3, -0.25) is 0 Å². The second-order valence-corrected chi connectivity index (χ2v) is 5.23. The minimum absolute atomic E-state index is 0.196. The Labute approximate surface area is 135 Å². The minimum atomic E-state index is -0.607. The van der Waals surface area contributed by atoms with Crippen molar-refractivity contribution in [3.8, 4) is 17.6 Å². The van der Waals surface area contributed by atoms with Crippen molar-refractivity contribution in [1.29, 1.82) is 5.26 Å². The molecule has 0 bridgehead atoms. The fraction of sp³-hybridized carbons (Fsp3) is 0.0667. The van der Waals surface area contributed by atoms with Gasteiger partial charge in [-0.15, -0.1) is 0 Å². The van der Waals surface area contributed by atoms with Gasteiger partial charge in [0.1, 0.15) is 0 Å². The van der Waals surface area contributed by atoms with E-state index in [0.717, 1.165) is 0 Å². The van der Waals surface area contributed by atoms with Gasteiger partial charge in [-0.25, -0.2) is 4.79 Å². The van der Waals surface area contributed by atoms with Crippen molar-refractivity contribution in [3.05, 3.63) is 57.0 Å². The Hall–Kier alpha value is -2.03. The second kappa shape index (κ2) is 6.61. The third-order valence-corrected chi connectivity index (χ3v) is 3.57. The van der Waals surface area contributed by atoms with Crippen LogP contribution in [0.15, 0.2) is 40.9 Å². The molecule has 0 spiro atoms. The van der Waals surface area contributed by atoms with E-state index in [4.69, 9.17) is 26.3 Å². The van der Waals surface area contributed by atoms with Gasteiger partial charge in [0.05, 0.1) is 33.8 Å². The highest BCUT2D eigenvalue weighted by atomic mass is 79.9. The standard InChI is InChI=1S/C15H9BrClNO3/c1-20-13-7-9(8-18)6-11(16)14(13)21-15(19)10-4-2-3-5-12(10)17/h2-7H,1H3. The van der Waals surface area contributed by atoms with Crippen LogP contribution in [0.1, 0.15) is 15.9 Å². The third kappa shape index (κ3) is 3.35. The molecular weight excluding hydrogens is 358 g/mol. The predicted octanol–water partition coefficient (Wildman–Crippen LogP) is 4.20. The Morgan fingerprint density at radius 1 is 1.33 bits per heavy atom. The fourth-order valence-corrected chi connectivity index (χ4v) is 2.39. The molecule has 4 nitrogen and oxygen atoms in total. The van der Waals surface area contributed by atoms with E-state index < -0.39 is 5.97 Å².